The molecule has 0 aliphatic heterocycles. The molecule has 0 N–H and O–H groups in total. The van der Waals surface area contributed by atoms with Crippen LogP contribution in [-0.2, 0) is 12.8 Å². The van der Waals surface area contributed by atoms with E-state index in [1.165, 1.54) is 19.3 Å². The van der Waals surface area contributed by atoms with Crippen molar-refractivity contribution in [3.05, 3.63) is 34.4 Å². The molecule has 0 bridgehead atoms. The number of fused-ring (bicyclic) bond motifs is 2. The minimum absolute atomic E-state index is 0.101. The Balaban J connectivity index is 1.59. The molecule has 0 nitrogen and oxygen atoms in total. The van der Waals surface area contributed by atoms with Gasteiger partial charge in [0.15, 0.2) is 0 Å². The van der Waals surface area contributed by atoms with E-state index >= 15 is 4.39 Å². The number of hydrogen-bond donors (Lipinski definition) is 0. The van der Waals surface area contributed by atoms with Gasteiger partial charge >= 0.3 is 0 Å². The molecule has 2 saturated carbocycles. The van der Waals surface area contributed by atoms with E-state index in [9.17, 15) is 4.39 Å². The summed E-state index contributed by atoms with van der Waals surface area (Å²) in [7, 11) is 0. The van der Waals surface area contributed by atoms with Gasteiger partial charge in [0.1, 0.15) is 11.6 Å². The first-order valence-electron chi connectivity index (χ1n) is 10.6. The summed E-state index contributed by atoms with van der Waals surface area (Å²) in [5.74, 6) is 2.57. The maximum Gasteiger partial charge on any atom is 0.133 e. The molecule has 0 aromatic heterocycles. The number of halogens is 2. The molecule has 0 radical (unpaired) electrons. The average Bonchev–Trinajstić information content (AvgIpc) is 2.61. The van der Waals surface area contributed by atoms with Gasteiger partial charge in [-0.05, 0) is 98.1 Å². The SMILES string of the molecule is CCC1CCc2c(cc(F)c(C3CCC4CC(C)CCC4C3)c2F)C1. The number of hydrogen-bond acceptors (Lipinski definition) is 0. The molecule has 0 heterocycles. The van der Waals surface area contributed by atoms with Crippen LogP contribution in [0.2, 0.25) is 0 Å². The van der Waals surface area contributed by atoms with Crippen LogP contribution < -0.4 is 0 Å². The molecule has 0 spiro atoms. The fraction of sp³-hybridized carbons (Fsp3) is 0.739. The summed E-state index contributed by atoms with van der Waals surface area (Å²) in [5, 5.41) is 0. The van der Waals surface area contributed by atoms with Gasteiger partial charge in [-0.15, -0.1) is 0 Å². The largest absolute Gasteiger partial charge is 0.207 e. The van der Waals surface area contributed by atoms with Crippen molar-refractivity contribution in [1.29, 1.82) is 0 Å². The lowest BCUT2D eigenvalue weighted by atomic mass is 9.64. The fourth-order valence-electron chi connectivity index (χ4n) is 6.05. The zero-order valence-electron chi connectivity index (χ0n) is 15.8. The minimum Gasteiger partial charge on any atom is -0.207 e. The topological polar surface area (TPSA) is 0 Å². The highest BCUT2D eigenvalue weighted by Gasteiger charge is 2.37. The second-order valence-electron chi connectivity index (χ2n) is 9.19. The molecule has 0 amide bonds. The van der Waals surface area contributed by atoms with Crippen molar-refractivity contribution in [2.45, 2.75) is 84.0 Å². The van der Waals surface area contributed by atoms with Gasteiger partial charge < -0.3 is 0 Å². The maximum absolute atomic E-state index is 15.3. The molecule has 2 heteroatoms. The van der Waals surface area contributed by atoms with Gasteiger partial charge in [0.25, 0.3) is 0 Å². The van der Waals surface area contributed by atoms with Gasteiger partial charge in [-0.25, -0.2) is 8.78 Å². The van der Waals surface area contributed by atoms with Crippen molar-refractivity contribution in [3.8, 4) is 0 Å². The summed E-state index contributed by atoms with van der Waals surface area (Å²) in [6.07, 6.45) is 10.8. The molecule has 5 unspecified atom stereocenters. The van der Waals surface area contributed by atoms with E-state index in [0.717, 1.165) is 67.9 Å². The molecule has 25 heavy (non-hydrogen) atoms. The van der Waals surface area contributed by atoms with E-state index in [1.807, 2.05) is 0 Å². The lowest BCUT2D eigenvalue weighted by molar-refractivity contribution is 0.122. The highest BCUT2D eigenvalue weighted by Crippen LogP contribution is 2.49. The van der Waals surface area contributed by atoms with Crippen molar-refractivity contribution in [1.82, 2.24) is 0 Å². The van der Waals surface area contributed by atoms with Crippen LogP contribution in [0.25, 0.3) is 0 Å². The molecule has 0 saturated heterocycles. The number of rotatable bonds is 2. The molecule has 3 aliphatic rings. The van der Waals surface area contributed by atoms with E-state index in [2.05, 4.69) is 13.8 Å². The van der Waals surface area contributed by atoms with Crippen LogP contribution in [0.4, 0.5) is 8.78 Å². The second-order valence-corrected chi connectivity index (χ2v) is 9.19. The third-order valence-electron chi connectivity index (χ3n) is 7.62. The Kier molecular flexibility index (Phi) is 4.90. The monoisotopic (exact) mass is 346 g/mol. The Morgan fingerprint density at radius 3 is 2.56 bits per heavy atom. The van der Waals surface area contributed by atoms with Gasteiger partial charge in [-0.2, -0.15) is 0 Å². The van der Waals surface area contributed by atoms with E-state index in [4.69, 9.17) is 0 Å². The maximum atomic E-state index is 15.3. The first kappa shape index (κ1) is 17.5. The molecule has 5 atom stereocenters. The summed E-state index contributed by atoms with van der Waals surface area (Å²) in [6, 6.07) is 1.69. The summed E-state index contributed by atoms with van der Waals surface area (Å²) >= 11 is 0. The van der Waals surface area contributed by atoms with Crippen LogP contribution in [0.1, 0.15) is 87.8 Å². The van der Waals surface area contributed by atoms with Crippen molar-refractivity contribution >= 4 is 0 Å². The van der Waals surface area contributed by atoms with E-state index in [-0.39, 0.29) is 17.6 Å². The van der Waals surface area contributed by atoms with Crippen LogP contribution in [0.15, 0.2) is 6.07 Å². The van der Waals surface area contributed by atoms with Gasteiger partial charge in [-0.3, -0.25) is 0 Å². The molecular formula is C23H32F2. The molecule has 1 aromatic rings. The normalized spacial score (nSPS) is 35.1. The summed E-state index contributed by atoms with van der Waals surface area (Å²) in [5.41, 5.74) is 2.21. The molecule has 2 fully saturated rings. The third-order valence-corrected chi connectivity index (χ3v) is 7.62. The van der Waals surface area contributed by atoms with Crippen LogP contribution in [0.5, 0.6) is 0 Å². The molecular weight excluding hydrogens is 314 g/mol. The summed E-state index contributed by atoms with van der Waals surface area (Å²) < 4.78 is 30.2. The smallest absolute Gasteiger partial charge is 0.133 e. The average molecular weight is 347 g/mol. The van der Waals surface area contributed by atoms with Crippen molar-refractivity contribution in [2.24, 2.45) is 23.7 Å². The molecule has 4 rings (SSSR count). The first-order valence-corrected chi connectivity index (χ1v) is 10.6. The fourth-order valence-corrected chi connectivity index (χ4v) is 6.05. The van der Waals surface area contributed by atoms with Gasteiger partial charge in [0.05, 0.1) is 0 Å². The van der Waals surface area contributed by atoms with Gasteiger partial charge in [-0.1, -0.05) is 26.7 Å². The summed E-state index contributed by atoms with van der Waals surface area (Å²) in [4.78, 5) is 0. The van der Waals surface area contributed by atoms with Crippen molar-refractivity contribution < 1.29 is 8.78 Å². The van der Waals surface area contributed by atoms with Crippen LogP contribution in [-0.4, -0.2) is 0 Å². The van der Waals surface area contributed by atoms with Crippen LogP contribution >= 0.6 is 0 Å². The highest BCUT2D eigenvalue weighted by atomic mass is 19.1. The summed E-state index contributed by atoms with van der Waals surface area (Å²) in [6.45, 7) is 4.54. The van der Waals surface area contributed by atoms with Crippen LogP contribution in [0, 0.1) is 35.3 Å². The predicted molar refractivity (Wildman–Crippen MR) is 98.8 cm³/mol. The quantitative estimate of drug-likeness (QED) is 0.552. The lowest BCUT2D eigenvalue weighted by Crippen LogP contribution is -2.30. The molecule has 3 aliphatic carbocycles. The second kappa shape index (κ2) is 7.00. The van der Waals surface area contributed by atoms with Crippen molar-refractivity contribution in [3.63, 3.8) is 0 Å². The number of benzene rings is 1. The van der Waals surface area contributed by atoms with Gasteiger partial charge in [0, 0.05) is 5.56 Å². The first-order chi connectivity index (χ1) is 12.1. The molecule has 138 valence electrons. The van der Waals surface area contributed by atoms with E-state index < -0.39 is 0 Å². The lowest BCUT2D eigenvalue weighted by Gasteiger charge is -2.42. The predicted octanol–water partition coefficient (Wildman–Crippen LogP) is 6.80. The zero-order valence-corrected chi connectivity index (χ0v) is 15.8. The van der Waals surface area contributed by atoms with Gasteiger partial charge in [0.2, 0.25) is 0 Å². The Bertz CT molecular complexity index is 635. The van der Waals surface area contributed by atoms with E-state index in [0.29, 0.717) is 17.4 Å². The molecule has 1 aromatic carbocycles. The van der Waals surface area contributed by atoms with E-state index in [1.54, 1.807) is 6.07 Å². The zero-order chi connectivity index (χ0) is 17.6. The Hall–Kier alpha value is -0.920. The third kappa shape index (κ3) is 3.26. The van der Waals surface area contributed by atoms with Crippen molar-refractivity contribution in [2.75, 3.05) is 0 Å². The Morgan fingerprint density at radius 1 is 1.00 bits per heavy atom. The highest BCUT2D eigenvalue weighted by molar-refractivity contribution is 5.39. The Morgan fingerprint density at radius 2 is 1.76 bits per heavy atom. The standard InChI is InChI=1S/C23H32F2/c1-3-15-5-9-20-19(11-15)13-21(24)22(23(20)25)18-8-7-16-10-14(2)4-6-17(16)12-18/h13-18H,3-12H2,1-2H3. The van der Waals surface area contributed by atoms with Crippen LogP contribution in [0.3, 0.4) is 0 Å². The Labute approximate surface area is 151 Å². The minimum atomic E-state index is -0.263.